The number of aryl methyl sites for hydroxylation is 2. The third-order valence-corrected chi connectivity index (χ3v) is 6.30. The van der Waals surface area contributed by atoms with Gasteiger partial charge in [-0.2, -0.15) is 4.31 Å². The minimum Gasteiger partial charge on any atom is -0.355 e. The van der Waals surface area contributed by atoms with E-state index in [1.54, 1.807) is 30.3 Å². The van der Waals surface area contributed by atoms with Gasteiger partial charge in [0.05, 0.1) is 4.90 Å². The molecule has 2 aromatic rings. The number of halogens is 1. The lowest BCUT2D eigenvalue weighted by Gasteiger charge is -2.17. The molecule has 0 heterocycles. The summed E-state index contributed by atoms with van der Waals surface area (Å²) in [7, 11) is -2.04. The van der Waals surface area contributed by atoms with E-state index in [2.05, 4.69) is 5.32 Å². The molecule has 26 heavy (non-hydrogen) atoms. The highest BCUT2D eigenvalue weighted by Gasteiger charge is 2.20. The topological polar surface area (TPSA) is 66.5 Å². The van der Waals surface area contributed by atoms with E-state index in [1.807, 2.05) is 25.1 Å². The van der Waals surface area contributed by atoms with E-state index >= 15 is 0 Å². The van der Waals surface area contributed by atoms with E-state index in [0.29, 0.717) is 17.9 Å². The van der Waals surface area contributed by atoms with E-state index in [-0.39, 0.29) is 23.9 Å². The molecule has 0 unspecified atom stereocenters. The van der Waals surface area contributed by atoms with Crippen LogP contribution in [0.2, 0.25) is 5.02 Å². The van der Waals surface area contributed by atoms with Gasteiger partial charge in [-0.1, -0.05) is 47.5 Å². The van der Waals surface area contributed by atoms with Crippen molar-refractivity contribution < 1.29 is 13.2 Å². The standard InChI is InChI=1S/C19H23ClN2O3S/c1-15-7-10-17(11-8-15)26(24,25)22(2)14-13-21-19(23)12-9-16-5-3-4-6-18(16)20/h3-8,10-11H,9,12-14H2,1-2H3,(H,21,23). The minimum absolute atomic E-state index is 0.133. The number of likely N-dealkylation sites (N-methyl/N-ethyl adjacent to an activating group) is 1. The Kier molecular flexibility index (Phi) is 7.20. The van der Waals surface area contributed by atoms with Gasteiger partial charge in [-0.25, -0.2) is 8.42 Å². The fourth-order valence-corrected chi connectivity index (χ4v) is 3.80. The highest BCUT2D eigenvalue weighted by atomic mass is 35.5. The summed E-state index contributed by atoms with van der Waals surface area (Å²) in [6.45, 7) is 2.36. The number of sulfonamides is 1. The van der Waals surface area contributed by atoms with Crippen LogP contribution in [-0.4, -0.2) is 38.8 Å². The second kappa shape index (κ2) is 9.16. The molecular weight excluding hydrogens is 372 g/mol. The van der Waals surface area contributed by atoms with E-state index in [0.717, 1.165) is 11.1 Å². The van der Waals surface area contributed by atoms with Gasteiger partial charge in [0.25, 0.3) is 0 Å². The highest BCUT2D eigenvalue weighted by Crippen LogP contribution is 2.16. The van der Waals surface area contributed by atoms with Gasteiger partial charge in [0.1, 0.15) is 0 Å². The Hall–Kier alpha value is -1.89. The van der Waals surface area contributed by atoms with Gasteiger partial charge in [0.15, 0.2) is 0 Å². The van der Waals surface area contributed by atoms with Crippen molar-refractivity contribution in [2.45, 2.75) is 24.7 Å². The smallest absolute Gasteiger partial charge is 0.242 e. The molecule has 5 nitrogen and oxygen atoms in total. The predicted molar refractivity (Wildman–Crippen MR) is 104 cm³/mol. The van der Waals surface area contributed by atoms with Gasteiger partial charge in [0, 0.05) is 31.6 Å². The van der Waals surface area contributed by atoms with Crippen molar-refractivity contribution in [3.8, 4) is 0 Å². The highest BCUT2D eigenvalue weighted by molar-refractivity contribution is 7.89. The lowest BCUT2D eigenvalue weighted by Crippen LogP contribution is -2.36. The molecule has 0 atom stereocenters. The number of nitrogens with one attached hydrogen (secondary N) is 1. The van der Waals surface area contributed by atoms with Crippen LogP contribution in [0.5, 0.6) is 0 Å². The largest absolute Gasteiger partial charge is 0.355 e. The normalized spacial score (nSPS) is 11.5. The second-order valence-electron chi connectivity index (χ2n) is 6.08. The van der Waals surface area contributed by atoms with Crippen molar-refractivity contribution in [2.75, 3.05) is 20.1 Å². The molecule has 0 saturated carbocycles. The fraction of sp³-hybridized carbons (Fsp3) is 0.316. The summed E-state index contributed by atoms with van der Waals surface area (Å²) in [4.78, 5) is 12.2. The Bertz CT molecular complexity index is 851. The molecule has 2 aromatic carbocycles. The number of hydrogen-bond acceptors (Lipinski definition) is 3. The zero-order valence-corrected chi connectivity index (χ0v) is 16.5. The van der Waals surface area contributed by atoms with E-state index in [9.17, 15) is 13.2 Å². The Morgan fingerprint density at radius 1 is 1.12 bits per heavy atom. The molecule has 1 amide bonds. The summed E-state index contributed by atoms with van der Waals surface area (Å²) in [5.74, 6) is -0.133. The second-order valence-corrected chi connectivity index (χ2v) is 8.53. The van der Waals surface area contributed by atoms with Crippen molar-refractivity contribution in [3.63, 3.8) is 0 Å². The van der Waals surface area contributed by atoms with Crippen LogP contribution in [0.15, 0.2) is 53.4 Å². The summed E-state index contributed by atoms with van der Waals surface area (Å²) in [5.41, 5.74) is 1.92. The molecular formula is C19H23ClN2O3S. The van der Waals surface area contributed by atoms with Gasteiger partial charge in [-0.15, -0.1) is 0 Å². The average molecular weight is 395 g/mol. The van der Waals surface area contributed by atoms with Crippen LogP contribution in [0.25, 0.3) is 0 Å². The van der Waals surface area contributed by atoms with Gasteiger partial charge in [-0.05, 0) is 37.1 Å². The number of nitrogens with zero attached hydrogens (tertiary/aromatic N) is 1. The van der Waals surface area contributed by atoms with E-state index in [4.69, 9.17) is 11.6 Å². The first-order valence-electron chi connectivity index (χ1n) is 8.34. The molecule has 0 aliphatic heterocycles. The summed E-state index contributed by atoms with van der Waals surface area (Å²) in [6.07, 6.45) is 0.848. The van der Waals surface area contributed by atoms with Crippen molar-refractivity contribution in [3.05, 3.63) is 64.7 Å². The quantitative estimate of drug-likeness (QED) is 0.748. The molecule has 0 fully saturated rings. The number of carbonyl (C=O) groups is 1. The lowest BCUT2D eigenvalue weighted by molar-refractivity contribution is -0.121. The van der Waals surface area contributed by atoms with Gasteiger partial charge in [0.2, 0.25) is 15.9 Å². The molecule has 0 aliphatic carbocycles. The summed E-state index contributed by atoms with van der Waals surface area (Å²) in [6, 6.07) is 14.1. The zero-order valence-electron chi connectivity index (χ0n) is 14.9. The molecule has 0 saturated heterocycles. The molecule has 0 aromatic heterocycles. The zero-order chi connectivity index (χ0) is 19.2. The number of carbonyl (C=O) groups excluding carboxylic acids is 1. The van der Waals surface area contributed by atoms with Crippen LogP contribution in [0.4, 0.5) is 0 Å². The predicted octanol–water partition coefficient (Wildman–Crippen LogP) is 3.02. The van der Waals surface area contributed by atoms with Crippen molar-refractivity contribution >= 4 is 27.5 Å². The summed E-state index contributed by atoms with van der Waals surface area (Å²) >= 11 is 6.07. The minimum atomic E-state index is -3.55. The fourth-order valence-electron chi connectivity index (χ4n) is 2.40. The maximum atomic E-state index is 12.5. The first kappa shape index (κ1) is 20.4. The Morgan fingerprint density at radius 3 is 2.42 bits per heavy atom. The van der Waals surface area contributed by atoms with Crippen molar-refractivity contribution in [1.29, 1.82) is 0 Å². The molecule has 0 spiro atoms. The number of amides is 1. The molecule has 0 aliphatic rings. The summed E-state index contributed by atoms with van der Waals surface area (Å²) in [5, 5.41) is 3.39. The van der Waals surface area contributed by atoms with Crippen LogP contribution >= 0.6 is 11.6 Å². The van der Waals surface area contributed by atoms with Crippen LogP contribution in [-0.2, 0) is 21.2 Å². The monoisotopic (exact) mass is 394 g/mol. The number of rotatable bonds is 8. The molecule has 2 rings (SSSR count). The number of hydrogen-bond donors (Lipinski definition) is 1. The first-order chi connectivity index (χ1) is 12.3. The van der Waals surface area contributed by atoms with Crippen LogP contribution in [0, 0.1) is 6.92 Å². The average Bonchev–Trinajstić information content (AvgIpc) is 2.61. The van der Waals surface area contributed by atoms with Crippen LogP contribution in [0.3, 0.4) is 0 Å². The molecule has 0 radical (unpaired) electrons. The van der Waals surface area contributed by atoms with E-state index in [1.165, 1.54) is 11.4 Å². The van der Waals surface area contributed by atoms with Crippen LogP contribution < -0.4 is 5.32 Å². The number of benzene rings is 2. The van der Waals surface area contributed by atoms with Gasteiger partial charge >= 0.3 is 0 Å². The van der Waals surface area contributed by atoms with Crippen molar-refractivity contribution in [2.24, 2.45) is 0 Å². The third kappa shape index (κ3) is 5.56. The van der Waals surface area contributed by atoms with Gasteiger partial charge < -0.3 is 5.32 Å². The Balaban J connectivity index is 1.80. The SMILES string of the molecule is Cc1ccc(S(=O)(=O)N(C)CCNC(=O)CCc2ccccc2Cl)cc1. The molecule has 140 valence electrons. The lowest BCUT2D eigenvalue weighted by atomic mass is 10.1. The maximum Gasteiger partial charge on any atom is 0.242 e. The molecule has 0 bridgehead atoms. The summed E-state index contributed by atoms with van der Waals surface area (Å²) < 4.78 is 26.2. The molecule has 1 N–H and O–H groups in total. The van der Waals surface area contributed by atoms with Crippen molar-refractivity contribution in [1.82, 2.24) is 9.62 Å². The maximum absolute atomic E-state index is 12.5. The molecule has 7 heteroatoms. The Labute approximate surface area is 160 Å². The van der Waals surface area contributed by atoms with Crippen LogP contribution in [0.1, 0.15) is 17.5 Å². The Morgan fingerprint density at radius 2 is 1.77 bits per heavy atom. The van der Waals surface area contributed by atoms with E-state index < -0.39 is 10.0 Å². The third-order valence-electron chi connectivity index (χ3n) is 4.06. The van der Waals surface area contributed by atoms with Gasteiger partial charge in [-0.3, -0.25) is 4.79 Å². The first-order valence-corrected chi connectivity index (χ1v) is 10.2.